The number of hydrogen-bond acceptors (Lipinski definition) is 4. The Labute approximate surface area is 113 Å². The van der Waals surface area contributed by atoms with Gasteiger partial charge >= 0.3 is 5.97 Å². The Hall–Kier alpha value is -1.68. The van der Waals surface area contributed by atoms with E-state index in [1.54, 1.807) is 6.92 Å². The molecule has 0 saturated carbocycles. The van der Waals surface area contributed by atoms with Gasteiger partial charge in [-0.05, 0) is 18.9 Å². The first-order chi connectivity index (χ1) is 9.19. The monoisotopic (exact) mass is 261 g/mol. The van der Waals surface area contributed by atoms with Crippen molar-refractivity contribution >= 4 is 11.8 Å². The van der Waals surface area contributed by atoms with Gasteiger partial charge in [-0.15, -0.1) is 0 Å². The van der Waals surface area contributed by atoms with E-state index >= 15 is 0 Å². The van der Waals surface area contributed by atoms with Crippen LogP contribution in [0.15, 0.2) is 30.3 Å². The molecule has 1 saturated heterocycles. The van der Waals surface area contributed by atoms with E-state index in [1.807, 2.05) is 30.3 Å². The number of esters is 1. The van der Waals surface area contributed by atoms with E-state index in [9.17, 15) is 9.59 Å². The number of rotatable bonds is 4. The number of carbonyl (C=O) groups is 2. The fourth-order valence-corrected chi connectivity index (χ4v) is 2.47. The second-order valence-corrected chi connectivity index (χ2v) is 4.81. The second-order valence-electron chi connectivity index (χ2n) is 4.81. The van der Waals surface area contributed by atoms with Crippen molar-refractivity contribution in [2.24, 2.45) is 5.41 Å². The molecule has 2 rings (SSSR count). The molecule has 0 aromatic heterocycles. The van der Waals surface area contributed by atoms with Gasteiger partial charge in [0, 0.05) is 19.5 Å². The highest BCUT2D eigenvalue weighted by molar-refractivity contribution is 6.05. The molecular formula is C15H19NO3. The molecule has 0 unspecified atom stereocenters. The zero-order valence-corrected chi connectivity index (χ0v) is 11.1. The Morgan fingerprint density at radius 3 is 2.74 bits per heavy atom. The lowest BCUT2D eigenvalue weighted by molar-refractivity contribution is -0.161. The molecule has 0 radical (unpaired) electrons. The van der Waals surface area contributed by atoms with Gasteiger partial charge in [-0.3, -0.25) is 9.59 Å². The summed E-state index contributed by atoms with van der Waals surface area (Å²) >= 11 is 0. The summed E-state index contributed by atoms with van der Waals surface area (Å²) in [6.07, 6.45) is 0.782. The summed E-state index contributed by atoms with van der Waals surface area (Å²) in [5.74, 6) is -0.426. The quantitative estimate of drug-likeness (QED) is 0.656. The number of hydrogen-bond donors (Lipinski definition) is 1. The molecule has 0 spiro atoms. The molecule has 1 N–H and O–H groups in total. The van der Waals surface area contributed by atoms with Crippen LogP contribution < -0.4 is 5.32 Å². The number of benzene rings is 1. The number of nitrogens with one attached hydrogen (secondary N) is 1. The van der Waals surface area contributed by atoms with E-state index < -0.39 is 11.4 Å². The SMILES string of the molecule is CCOC(=O)[C@]1(Cc2ccccc2)CNCCC1=O. The van der Waals surface area contributed by atoms with Crippen LogP contribution in [0, 0.1) is 5.41 Å². The molecule has 19 heavy (non-hydrogen) atoms. The van der Waals surface area contributed by atoms with Gasteiger partial charge < -0.3 is 10.1 Å². The summed E-state index contributed by atoms with van der Waals surface area (Å²) < 4.78 is 5.13. The third kappa shape index (κ3) is 2.84. The molecule has 1 aromatic rings. The van der Waals surface area contributed by atoms with Crippen molar-refractivity contribution in [1.82, 2.24) is 5.32 Å². The van der Waals surface area contributed by atoms with Crippen molar-refractivity contribution in [2.45, 2.75) is 19.8 Å². The highest BCUT2D eigenvalue weighted by atomic mass is 16.5. The Morgan fingerprint density at radius 1 is 1.37 bits per heavy atom. The summed E-state index contributed by atoms with van der Waals surface area (Å²) in [6, 6.07) is 9.61. The smallest absolute Gasteiger partial charge is 0.321 e. The largest absolute Gasteiger partial charge is 0.465 e. The van der Waals surface area contributed by atoms with Crippen LogP contribution in [0.5, 0.6) is 0 Å². The van der Waals surface area contributed by atoms with E-state index in [4.69, 9.17) is 4.74 Å². The van der Waals surface area contributed by atoms with Gasteiger partial charge in [-0.2, -0.15) is 0 Å². The molecule has 0 aliphatic carbocycles. The summed E-state index contributed by atoms with van der Waals surface area (Å²) in [5.41, 5.74) is -0.0806. The van der Waals surface area contributed by atoms with Gasteiger partial charge in [-0.1, -0.05) is 30.3 Å². The Kier molecular flexibility index (Phi) is 4.32. The average molecular weight is 261 g/mol. The minimum Gasteiger partial charge on any atom is -0.465 e. The number of piperidine rings is 1. The van der Waals surface area contributed by atoms with Crippen LogP contribution in [-0.2, 0) is 20.7 Å². The van der Waals surface area contributed by atoms with Gasteiger partial charge in [0.25, 0.3) is 0 Å². The highest BCUT2D eigenvalue weighted by Gasteiger charge is 2.48. The van der Waals surface area contributed by atoms with Gasteiger partial charge in [0.2, 0.25) is 0 Å². The minimum absolute atomic E-state index is 0.0199. The maximum atomic E-state index is 12.3. The molecule has 1 aromatic carbocycles. The van der Waals surface area contributed by atoms with Gasteiger partial charge in [-0.25, -0.2) is 0 Å². The number of ether oxygens (including phenoxy) is 1. The number of Topliss-reactive ketones (excluding diaryl/α,β-unsaturated/α-hetero) is 1. The molecule has 0 amide bonds. The van der Waals surface area contributed by atoms with Crippen LogP contribution in [0.2, 0.25) is 0 Å². The first kappa shape index (κ1) is 13.7. The predicted octanol–water partition coefficient (Wildman–Crippen LogP) is 1.34. The molecule has 0 bridgehead atoms. The molecule has 1 heterocycles. The Morgan fingerprint density at radius 2 is 2.11 bits per heavy atom. The molecule has 1 aliphatic rings. The average Bonchev–Trinajstić information content (AvgIpc) is 2.43. The first-order valence-corrected chi connectivity index (χ1v) is 6.64. The van der Waals surface area contributed by atoms with Crippen LogP contribution in [0.3, 0.4) is 0 Å². The summed E-state index contributed by atoms with van der Waals surface area (Å²) in [7, 11) is 0. The van der Waals surface area contributed by atoms with Crippen LogP contribution in [0.4, 0.5) is 0 Å². The molecule has 1 fully saturated rings. The van der Waals surface area contributed by atoms with Crippen molar-refractivity contribution in [3.63, 3.8) is 0 Å². The van der Waals surface area contributed by atoms with Crippen molar-refractivity contribution in [2.75, 3.05) is 19.7 Å². The van der Waals surface area contributed by atoms with Gasteiger partial charge in [0.15, 0.2) is 5.78 Å². The summed E-state index contributed by atoms with van der Waals surface area (Å²) in [5, 5.41) is 3.14. The van der Waals surface area contributed by atoms with Crippen LogP contribution in [0.1, 0.15) is 18.9 Å². The van der Waals surface area contributed by atoms with Crippen LogP contribution in [-0.4, -0.2) is 31.4 Å². The Bertz CT molecular complexity index is 458. The Balaban J connectivity index is 2.28. The zero-order valence-electron chi connectivity index (χ0n) is 11.1. The van der Waals surface area contributed by atoms with Crippen molar-refractivity contribution in [1.29, 1.82) is 0 Å². The standard InChI is InChI=1S/C15H19NO3/c1-2-19-14(18)15(11-16-9-8-13(15)17)10-12-6-4-3-5-7-12/h3-7,16H,2,8-11H2,1H3/t15-/m1/s1. The van der Waals surface area contributed by atoms with Crippen molar-refractivity contribution < 1.29 is 14.3 Å². The van der Waals surface area contributed by atoms with Gasteiger partial charge in [0.1, 0.15) is 5.41 Å². The molecular weight excluding hydrogens is 242 g/mol. The lowest BCUT2D eigenvalue weighted by atomic mass is 9.74. The summed E-state index contributed by atoms with van der Waals surface area (Å²) in [6.45, 7) is 3.05. The highest BCUT2D eigenvalue weighted by Crippen LogP contribution is 2.29. The topological polar surface area (TPSA) is 55.4 Å². The maximum Gasteiger partial charge on any atom is 0.321 e. The van der Waals surface area contributed by atoms with E-state index in [0.717, 1.165) is 5.56 Å². The molecule has 1 aliphatic heterocycles. The molecule has 4 nitrogen and oxygen atoms in total. The first-order valence-electron chi connectivity index (χ1n) is 6.64. The molecule has 1 atom stereocenters. The third-order valence-electron chi connectivity index (χ3n) is 3.50. The zero-order chi connectivity index (χ0) is 13.7. The third-order valence-corrected chi connectivity index (χ3v) is 3.50. The minimum atomic E-state index is -1.06. The molecule has 102 valence electrons. The van der Waals surface area contributed by atoms with E-state index in [-0.39, 0.29) is 5.78 Å². The number of carbonyl (C=O) groups excluding carboxylic acids is 2. The van der Waals surface area contributed by atoms with E-state index in [2.05, 4.69) is 5.32 Å². The maximum absolute atomic E-state index is 12.3. The molecule has 4 heteroatoms. The second kappa shape index (κ2) is 5.97. The fraction of sp³-hybridized carbons (Fsp3) is 0.467. The van der Waals surface area contributed by atoms with Crippen molar-refractivity contribution in [3.8, 4) is 0 Å². The van der Waals surface area contributed by atoms with Crippen LogP contribution in [0.25, 0.3) is 0 Å². The van der Waals surface area contributed by atoms with Gasteiger partial charge in [0.05, 0.1) is 6.61 Å². The number of ketones is 1. The predicted molar refractivity (Wildman–Crippen MR) is 71.7 cm³/mol. The van der Waals surface area contributed by atoms with Crippen molar-refractivity contribution in [3.05, 3.63) is 35.9 Å². The van der Waals surface area contributed by atoms with E-state index in [0.29, 0.717) is 32.5 Å². The summed E-state index contributed by atoms with van der Waals surface area (Å²) in [4.78, 5) is 24.5. The lowest BCUT2D eigenvalue weighted by Gasteiger charge is -2.33. The normalized spacial score (nSPS) is 23.1. The van der Waals surface area contributed by atoms with Crippen LogP contribution >= 0.6 is 0 Å². The van der Waals surface area contributed by atoms with E-state index in [1.165, 1.54) is 0 Å². The lowest BCUT2D eigenvalue weighted by Crippen LogP contribution is -2.54. The fourth-order valence-electron chi connectivity index (χ4n) is 2.47.